The van der Waals surface area contributed by atoms with Gasteiger partial charge >= 0.3 is 0 Å². The van der Waals surface area contributed by atoms with Crippen molar-refractivity contribution in [3.8, 4) is 0 Å². The maximum absolute atomic E-state index is 3.58. The van der Waals surface area contributed by atoms with Crippen LogP contribution in [0.2, 0.25) is 0 Å². The Kier molecular flexibility index (Phi) is 5.69. The van der Waals surface area contributed by atoms with Crippen molar-refractivity contribution < 1.29 is 0 Å². The van der Waals surface area contributed by atoms with Gasteiger partial charge in [0.2, 0.25) is 0 Å². The smallest absolute Gasteiger partial charge is 0.00191 e. The van der Waals surface area contributed by atoms with E-state index in [4.69, 9.17) is 0 Å². The van der Waals surface area contributed by atoms with Crippen LogP contribution in [0.25, 0.3) is 0 Å². The summed E-state index contributed by atoms with van der Waals surface area (Å²) in [5.74, 6) is 0.763. The second kappa shape index (κ2) is 7.55. The van der Waals surface area contributed by atoms with E-state index in [0.29, 0.717) is 0 Å². The SMILES string of the molecule is CC(CNCCc1ccccc1)CN1CCCC1. The Labute approximate surface area is 111 Å². The minimum absolute atomic E-state index is 0.763. The molecule has 2 nitrogen and oxygen atoms in total. The second-order valence-electron chi connectivity index (χ2n) is 5.55. The normalized spacial score (nSPS) is 18.1. The van der Waals surface area contributed by atoms with E-state index in [0.717, 1.165) is 25.4 Å². The predicted molar refractivity (Wildman–Crippen MR) is 77.9 cm³/mol. The van der Waals surface area contributed by atoms with Gasteiger partial charge in [0.1, 0.15) is 0 Å². The summed E-state index contributed by atoms with van der Waals surface area (Å²) in [5.41, 5.74) is 1.43. The summed E-state index contributed by atoms with van der Waals surface area (Å²) >= 11 is 0. The first-order chi connectivity index (χ1) is 8.84. The average Bonchev–Trinajstić information content (AvgIpc) is 2.89. The minimum atomic E-state index is 0.763. The van der Waals surface area contributed by atoms with Crippen LogP contribution in [-0.4, -0.2) is 37.6 Å². The molecule has 100 valence electrons. The lowest BCUT2D eigenvalue weighted by molar-refractivity contribution is 0.283. The van der Waals surface area contributed by atoms with E-state index in [2.05, 4.69) is 47.5 Å². The summed E-state index contributed by atoms with van der Waals surface area (Å²) in [4.78, 5) is 2.60. The van der Waals surface area contributed by atoms with Crippen molar-refractivity contribution >= 4 is 0 Å². The van der Waals surface area contributed by atoms with Crippen molar-refractivity contribution in [2.75, 3.05) is 32.7 Å². The Morgan fingerprint density at radius 1 is 1.17 bits per heavy atom. The molecule has 1 aliphatic heterocycles. The van der Waals surface area contributed by atoms with Crippen molar-refractivity contribution in [3.63, 3.8) is 0 Å². The third kappa shape index (κ3) is 4.79. The maximum atomic E-state index is 3.58. The fraction of sp³-hybridized carbons (Fsp3) is 0.625. The first-order valence-electron chi connectivity index (χ1n) is 7.31. The molecule has 0 saturated carbocycles. The molecule has 0 bridgehead atoms. The van der Waals surface area contributed by atoms with Crippen LogP contribution in [0.15, 0.2) is 30.3 Å². The molecule has 1 fully saturated rings. The van der Waals surface area contributed by atoms with Gasteiger partial charge in [-0.2, -0.15) is 0 Å². The fourth-order valence-corrected chi connectivity index (χ4v) is 2.70. The Balaban J connectivity index is 1.54. The van der Waals surface area contributed by atoms with Crippen molar-refractivity contribution in [1.82, 2.24) is 10.2 Å². The molecule has 1 heterocycles. The maximum Gasteiger partial charge on any atom is 0.00191 e. The summed E-state index contributed by atoms with van der Waals surface area (Å²) in [7, 11) is 0. The standard InChI is InChI=1S/C16H26N2/c1-15(14-18-11-5-6-12-18)13-17-10-9-16-7-3-2-4-8-16/h2-4,7-8,15,17H,5-6,9-14H2,1H3. The van der Waals surface area contributed by atoms with Crippen LogP contribution < -0.4 is 5.32 Å². The van der Waals surface area contributed by atoms with Gasteiger partial charge in [0.25, 0.3) is 0 Å². The van der Waals surface area contributed by atoms with Crippen LogP contribution >= 0.6 is 0 Å². The molecule has 1 atom stereocenters. The minimum Gasteiger partial charge on any atom is -0.316 e. The summed E-state index contributed by atoms with van der Waals surface area (Å²) in [6, 6.07) is 10.7. The lowest BCUT2D eigenvalue weighted by Gasteiger charge is -2.20. The summed E-state index contributed by atoms with van der Waals surface area (Å²) < 4.78 is 0. The van der Waals surface area contributed by atoms with Crippen molar-refractivity contribution in [3.05, 3.63) is 35.9 Å². The largest absolute Gasteiger partial charge is 0.316 e. The average molecular weight is 246 g/mol. The molecule has 2 rings (SSSR count). The van der Waals surface area contributed by atoms with Crippen LogP contribution in [0, 0.1) is 5.92 Å². The van der Waals surface area contributed by atoms with Gasteiger partial charge in [-0.05, 0) is 56.9 Å². The highest BCUT2D eigenvalue weighted by Crippen LogP contribution is 2.09. The molecule has 0 amide bonds. The van der Waals surface area contributed by atoms with Crippen LogP contribution in [0.5, 0.6) is 0 Å². The van der Waals surface area contributed by atoms with Gasteiger partial charge in [-0.1, -0.05) is 37.3 Å². The molecular weight excluding hydrogens is 220 g/mol. The first-order valence-corrected chi connectivity index (χ1v) is 7.31. The molecule has 1 aromatic rings. The van der Waals surface area contributed by atoms with E-state index in [1.54, 1.807) is 0 Å². The highest BCUT2D eigenvalue weighted by Gasteiger charge is 2.13. The zero-order valence-corrected chi connectivity index (χ0v) is 11.6. The molecule has 1 aliphatic rings. The Bertz CT molecular complexity index is 317. The third-order valence-corrected chi connectivity index (χ3v) is 3.69. The van der Waals surface area contributed by atoms with E-state index in [-0.39, 0.29) is 0 Å². The zero-order valence-electron chi connectivity index (χ0n) is 11.6. The molecule has 0 radical (unpaired) electrons. The highest BCUT2D eigenvalue weighted by molar-refractivity contribution is 5.14. The second-order valence-corrected chi connectivity index (χ2v) is 5.55. The number of hydrogen-bond acceptors (Lipinski definition) is 2. The molecular formula is C16H26N2. The molecule has 2 heteroatoms. The Morgan fingerprint density at radius 3 is 2.61 bits per heavy atom. The van der Waals surface area contributed by atoms with Gasteiger partial charge in [-0.15, -0.1) is 0 Å². The zero-order chi connectivity index (χ0) is 12.6. The molecule has 1 unspecified atom stereocenters. The quantitative estimate of drug-likeness (QED) is 0.744. The van der Waals surface area contributed by atoms with E-state index in [9.17, 15) is 0 Å². The Morgan fingerprint density at radius 2 is 1.89 bits per heavy atom. The monoisotopic (exact) mass is 246 g/mol. The van der Waals surface area contributed by atoms with Gasteiger partial charge in [0.15, 0.2) is 0 Å². The van der Waals surface area contributed by atoms with E-state index in [1.165, 1.54) is 38.0 Å². The summed E-state index contributed by atoms with van der Waals surface area (Å²) in [6.07, 6.45) is 3.93. The van der Waals surface area contributed by atoms with Crippen molar-refractivity contribution in [1.29, 1.82) is 0 Å². The number of rotatable bonds is 7. The van der Waals surface area contributed by atoms with Gasteiger partial charge in [0, 0.05) is 6.54 Å². The molecule has 0 spiro atoms. The summed E-state index contributed by atoms with van der Waals surface area (Å²) in [6.45, 7) is 8.48. The number of benzene rings is 1. The lowest BCUT2D eigenvalue weighted by Crippen LogP contribution is -2.32. The van der Waals surface area contributed by atoms with E-state index >= 15 is 0 Å². The van der Waals surface area contributed by atoms with Crippen molar-refractivity contribution in [2.45, 2.75) is 26.2 Å². The van der Waals surface area contributed by atoms with Crippen LogP contribution in [0.3, 0.4) is 0 Å². The number of nitrogens with one attached hydrogen (secondary N) is 1. The first kappa shape index (κ1) is 13.6. The van der Waals surface area contributed by atoms with Gasteiger partial charge in [-0.3, -0.25) is 0 Å². The van der Waals surface area contributed by atoms with Crippen molar-refractivity contribution in [2.24, 2.45) is 5.92 Å². The van der Waals surface area contributed by atoms with E-state index < -0.39 is 0 Å². The lowest BCUT2D eigenvalue weighted by atomic mass is 10.1. The van der Waals surface area contributed by atoms with Gasteiger partial charge < -0.3 is 10.2 Å². The molecule has 1 N–H and O–H groups in total. The number of likely N-dealkylation sites (tertiary alicyclic amines) is 1. The molecule has 1 aromatic carbocycles. The predicted octanol–water partition coefficient (Wildman–Crippen LogP) is 2.55. The number of hydrogen-bond donors (Lipinski definition) is 1. The van der Waals surface area contributed by atoms with Gasteiger partial charge in [-0.25, -0.2) is 0 Å². The topological polar surface area (TPSA) is 15.3 Å². The molecule has 0 aliphatic carbocycles. The number of nitrogens with zero attached hydrogens (tertiary/aromatic N) is 1. The van der Waals surface area contributed by atoms with Crippen LogP contribution in [0.1, 0.15) is 25.3 Å². The van der Waals surface area contributed by atoms with Crippen LogP contribution in [-0.2, 0) is 6.42 Å². The molecule has 0 aromatic heterocycles. The van der Waals surface area contributed by atoms with E-state index in [1.807, 2.05) is 0 Å². The summed E-state index contributed by atoms with van der Waals surface area (Å²) in [5, 5.41) is 3.58. The Hall–Kier alpha value is -0.860. The fourth-order valence-electron chi connectivity index (χ4n) is 2.70. The molecule has 1 saturated heterocycles. The molecule has 18 heavy (non-hydrogen) atoms. The van der Waals surface area contributed by atoms with Crippen LogP contribution in [0.4, 0.5) is 0 Å². The highest BCUT2D eigenvalue weighted by atomic mass is 15.1. The third-order valence-electron chi connectivity index (χ3n) is 3.69. The van der Waals surface area contributed by atoms with Gasteiger partial charge in [0.05, 0.1) is 0 Å².